The first-order valence-electron chi connectivity index (χ1n) is 5.63. The Hall–Kier alpha value is -1.64. The van der Waals surface area contributed by atoms with E-state index in [0.29, 0.717) is 17.2 Å². The standard InChI is InChI=1S/C13H13NO2/c1-8-3-2-4-10-12(8)13(15)16-11(14-10)7-9-5-6-9/h2-4,9H,5-7H2,1H3. The average Bonchev–Trinajstić information content (AvgIpc) is 3.01. The second kappa shape index (κ2) is 3.44. The quantitative estimate of drug-likeness (QED) is 0.772. The Morgan fingerprint density at radius 3 is 3.00 bits per heavy atom. The van der Waals surface area contributed by atoms with Gasteiger partial charge in [-0.3, -0.25) is 0 Å². The molecular formula is C13H13NO2. The van der Waals surface area contributed by atoms with Gasteiger partial charge in [0.2, 0.25) is 0 Å². The fraction of sp³-hybridized carbons (Fsp3) is 0.385. The lowest BCUT2D eigenvalue weighted by atomic mass is 10.1. The van der Waals surface area contributed by atoms with Gasteiger partial charge < -0.3 is 4.42 Å². The number of hydrogen-bond donors (Lipinski definition) is 0. The van der Waals surface area contributed by atoms with Crippen molar-refractivity contribution in [3.63, 3.8) is 0 Å². The van der Waals surface area contributed by atoms with Gasteiger partial charge in [-0.1, -0.05) is 12.1 Å². The van der Waals surface area contributed by atoms with Crippen molar-refractivity contribution >= 4 is 10.9 Å². The highest BCUT2D eigenvalue weighted by Gasteiger charge is 2.24. The van der Waals surface area contributed by atoms with Gasteiger partial charge in [-0.25, -0.2) is 9.78 Å². The van der Waals surface area contributed by atoms with E-state index in [-0.39, 0.29) is 5.63 Å². The lowest BCUT2D eigenvalue weighted by Crippen LogP contribution is -2.07. The molecule has 82 valence electrons. The Bertz CT molecular complexity index is 596. The SMILES string of the molecule is Cc1cccc2nc(CC3CC3)oc(=O)c12. The van der Waals surface area contributed by atoms with Crippen molar-refractivity contribution in [2.24, 2.45) is 5.92 Å². The van der Waals surface area contributed by atoms with E-state index in [9.17, 15) is 4.79 Å². The number of rotatable bonds is 2. The molecule has 0 N–H and O–H groups in total. The highest BCUT2D eigenvalue weighted by molar-refractivity contribution is 5.80. The monoisotopic (exact) mass is 215 g/mol. The minimum atomic E-state index is -0.251. The Morgan fingerprint density at radius 2 is 2.25 bits per heavy atom. The molecule has 3 heteroatoms. The minimum Gasteiger partial charge on any atom is -0.408 e. The molecule has 0 amide bonds. The lowest BCUT2D eigenvalue weighted by Gasteiger charge is -2.02. The molecule has 1 heterocycles. The van der Waals surface area contributed by atoms with Crippen LogP contribution in [0.2, 0.25) is 0 Å². The van der Waals surface area contributed by atoms with Crippen LogP contribution in [-0.4, -0.2) is 4.98 Å². The van der Waals surface area contributed by atoms with Gasteiger partial charge in [0.25, 0.3) is 0 Å². The third-order valence-corrected chi connectivity index (χ3v) is 3.07. The summed E-state index contributed by atoms with van der Waals surface area (Å²) in [6.07, 6.45) is 3.27. The molecule has 1 aliphatic carbocycles. The highest BCUT2D eigenvalue weighted by atomic mass is 16.4. The van der Waals surface area contributed by atoms with E-state index in [0.717, 1.165) is 17.5 Å². The van der Waals surface area contributed by atoms with E-state index >= 15 is 0 Å². The van der Waals surface area contributed by atoms with E-state index in [1.807, 2.05) is 25.1 Å². The number of nitrogens with zero attached hydrogens (tertiary/aromatic N) is 1. The number of aromatic nitrogens is 1. The second-order valence-corrected chi connectivity index (χ2v) is 4.51. The van der Waals surface area contributed by atoms with Gasteiger partial charge in [0.1, 0.15) is 0 Å². The summed E-state index contributed by atoms with van der Waals surface area (Å²) in [5.41, 5.74) is 1.43. The van der Waals surface area contributed by atoms with E-state index in [2.05, 4.69) is 4.98 Å². The van der Waals surface area contributed by atoms with Crippen LogP contribution in [-0.2, 0) is 6.42 Å². The molecule has 16 heavy (non-hydrogen) atoms. The van der Waals surface area contributed by atoms with Gasteiger partial charge in [0, 0.05) is 6.42 Å². The Morgan fingerprint density at radius 1 is 1.44 bits per heavy atom. The maximum absolute atomic E-state index is 11.8. The topological polar surface area (TPSA) is 43.1 Å². The number of benzene rings is 1. The predicted octanol–water partition coefficient (Wildman–Crippen LogP) is 2.45. The van der Waals surface area contributed by atoms with E-state index in [1.165, 1.54) is 12.8 Å². The highest BCUT2D eigenvalue weighted by Crippen LogP contribution is 2.32. The molecular weight excluding hydrogens is 202 g/mol. The van der Waals surface area contributed by atoms with Crippen molar-refractivity contribution in [2.75, 3.05) is 0 Å². The van der Waals surface area contributed by atoms with Crippen LogP contribution in [0.15, 0.2) is 27.4 Å². The molecule has 0 spiro atoms. The molecule has 1 aromatic heterocycles. The van der Waals surface area contributed by atoms with Gasteiger partial charge in [-0.15, -0.1) is 0 Å². The summed E-state index contributed by atoms with van der Waals surface area (Å²) < 4.78 is 5.26. The van der Waals surface area contributed by atoms with Crippen molar-refractivity contribution in [3.8, 4) is 0 Å². The smallest absolute Gasteiger partial charge is 0.347 e. The van der Waals surface area contributed by atoms with Crippen LogP contribution in [0.1, 0.15) is 24.3 Å². The molecule has 0 unspecified atom stereocenters. The van der Waals surface area contributed by atoms with E-state index < -0.39 is 0 Å². The summed E-state index contributed by atoms with van der Waals surface area (Å²) >= 11 is 0. The second-order valence-electron chi connectivity index (χ2n) is 4.51. The van der Waals surface area contributed by atoms with Gasteiger partial charge in [-0.05, 0) is 37.3 Å². The molecule has 0 radical (unpaired) electrons. The third kappa shape index (κ3) is 1.62. The van der Waals surface area contributed by atoms with Crippen LogP contribution < -0.4 is 5.63 Å². The number of hydrogen-bond acceptors (Lipinski definition) is 3. The summed E-state index contributed by atoms with van der Waals surface area (Å²) in [5, 5.41) is 0.613. The third-order valence-electron chi connectivity index (χ3n) is 3.07. The van der Waals surface area contributed by atoms with Gasteiger partial charge in [0.05, 0.1) is 10.9 Å². The zero-order valence-electron chi connectivity index (χ0n) is 9.19. The Labute approximate surface area is 93.1 Å². The number of aryl methyl sites for hydroxylation is 1. The normalized spacial score (nSPS) is 15.6. The molecule has 1 fully saturated rings. The van der Waals surface area contributed by atoms with Crippen LogP contribution in [0, 0.1) is 12.8 Å². The Kier molecular flexibility index (Phi) is 2.06. The van der Waals surface area contributed by atoms with E-state index in [4.69, 9.17) is 4.42 Å². The zero-order valence-corrected chi connectivity index (χ0v) is 9.19. The molecule has 1 saturated carbocycles. The fourth-order valence-corrected chi connectivity index (χ4v) is 1.98. The van der Waals surface area contributed by atoms with Crippen molar-refractivity contribution in [1.29, 1.82) is 0 Å². The van der Waals surface area contributed by atoms with Crippen LogP contribution >= 0.6 is 0 Å². The maximum atomic E-state index is 11.8. The number of fused-ring (bicyclic) bond motifs is 1. The summed E-state index contributed by atoms with van der Waals surface area (Å²) in [6.45, 7) is 1.90. The Balaban J connectivity index is 2.17. The van der Waals surface area contributed by atoms with Gasteiger partial charge >= 0.3 is 5.63 Å². The summed E-state index contributed by atoms with van der Waals surface area (Å²) in [6, 6.07) is 5.70. The first-order valence-corrected chi connectivity index (χ1v) is 5.63. The summed E-state index contributed by atoms with van der Waals surface area (Å²) in [4.78, 5) is 16.2. The van der Waals surface area contributed by atoms with Crippen molar-refractivity contribution in [1.82, 2.24) is 4.98 Å². The summed E-state index contributed by atoms with van der Waals surface area (Å²) in [7, 11) is 0. The van der Waals surface area contributed by atoms with Crippen molar-refractivity contribution < 1.29 is 4.42 Å². The molecule has 2 aromatic rings. The van der Waals surface area contributed by atoms with Gasteiger partial charge in [-0.2, -0.15) is 0 Å². The molecule has 1 aromatic carbocycles. The zero-order chi connectivity index (χ0) is 11.1. The molecule has 0 saturated heterocycles. The molecule has 3 rings (SSSR count). The molecule has 0 bridgehead atoms. The maximum Gasteiger partial charge on any atom is 0.347 e. The van der Waals surface area contributed by atoms with Crippen LogP contribution in [0.3, 0.4) is 0 Å². The first kappa shape index (κ1) is 9.58. The molecule has 0 aliphatic heterocycles. The lowest BCUT2D eigenvalue weighted by molar-refractivity contribution is 0.434. The predicted molar refractivity (Wildman–Crippen MR) is 61.4 cm³/mol. The van der Waals surface area contributed by atoms with Crippen LogP contribution in [0.4, 0.5) is 0 Å². The summed E-state index contributed by atoms with van der Waals surface area (Å²) in [5.74, 6) is 1.27. The average molecular weight is 215 g/mol. The van der Waals surface area contributed by atoms with E-state index in [1.54, 1.807) is 0 Å². The van der Waals surface area contributed by atoms with Crippen molar-refractivity contribution in [3.05, 3.63) is 40.1 Å². The minimum absolute atomic E-state index is 0.251. The largest absolute Gasteiger partial charge is 0.408 e. The van der Waals surface area contributed by atoms with Gasteiger partial charge in [0.15, 0.2) is 5.89 Å². The molecule has 1 aliphatic rings. The molecule has 0 atom stereocenters. The van der Waals surface area contributed by atoms with Crippen LogP contribution in [0.5, 0.6) is 0 Å². The fourth-order valence-electron chi connectivity index (χ4n) is 1.98. The molecule has 3 nitrogen and oxygen atoms in total. The first-order chi connectivity index (χ1) is 7.74. The van der Waals surface area contributed by atoms with Crippen LogP contribution in [0.25, 0.3) is 10.9 Å². The van der Waals surface area contributed by atoms with Crippen molar-refractivity contribution in [2.45, 2.75) is 26.2 Å².